The van der Waals surface area contributed by atoms with E-state index in [0.29, 0.717) is 0 Å². The molecular weight excluding hydrogens is 262 g/mol. The number of ether oxygens (including phenoxy) is 1. The maximum absolute atomic E-state index is 5.20. The van der Waals surface area contributed by atoms with Gasteiger partial charge in [0.15, 0.2) is 0 Å². The van der Waals surface area contributed by atoms with Gasteiger partial charge in [0.05, 0.1) is 12.8 Å². The highest BCUT2D eigenvalue weighted by molar-refractivity contribution is 5.85. The standard InChI is InChI=1S/C14H19N3O.ClH/c1-3-17-13(7-8-16-17)11-15-10-12-5-4-6-14(9-12)18-2;/h4-9,15H,3,10-11H2,1-2H3;1H. The summed E-state index contributed by atoms with van der Waals surface area (Å²) in [6.45, 7) is 4.65. The third-order valence-corrected chi connectivity index (χ3v) is 2.87. The third kappa shape index (κ3) is 4.26. The van der Waals surface area contributed by atoms with Gasteiger partial charge in [0.2, 0.25) is 0 Å². The van der Waals surface area contributed by atoms with Gasteiger partial charge >= 0.3 is 0 Å². The molecule has 0 aliphatic heterocycles. The number of nitrogens with one attached hydrogen (secondary N) is 1. The molecule has 0 unspecified atom stereocenters. The zero-order chi connectivity index (χ0) is 12.8. The Morgan fingerprint density at radius 1 is 1.26 bits per heavy atom. The first-order valence-electron chi connectivity index (χ1n) is 6.18. The maximum Gasteiger partial charge on any atom is 0.119 e. The Balaban J connectivity index is 0.00000180. The normalized spacial score (nSPS) is 10.0. The van der Waals surface area contributed by atoms with Gasteiger partial charge < -0.3 is 10.1 Å². The fourth-order valence-corrected chi connectivity index (χ4v) is 1.91. The Bertz CT molecular complexity index is 499. The van der Waals surface area contributed by atoms with Crippen molar-refractivity contribution in [3.8, 4) is 5.75 Å². The third-order valence-electron chi connectivity index (χ3n) is 2.87. The van der Waals surface area contributed by atoms with E-state index in [1.165, 1.54) is 11.3 Å². The van der Waals surface area contributed by atoms with E-state index < -0.39 is 0 Å². The number of halogens is 1. The minimum absolute atomic E-state index is 0. The van der Waals surface area contributed by atoms with Crippen molar-refractivity contribution in [2.45, 2.75) is 26.6 Å². The number of benzene rings is 1. The van der Waals surface area contributed by atoms with E-state index in [1.54, 1.807) is 7.11 Å². The molecule has 2 aromatic rings. The summed E-state index contributed by atoms with van der Waals surface area (Å²) in [4.78, 5) is 0. The Morgan fingerprint density at radius 2 is 2.11 bits per heavy atom. The summed E-state index contributed by atoms with van der Waals surface area (Å²) in [5, 5.41) is 7.66. The molecular formula is C14H20ClN3O. The highest BCUT2D eigenvalue weighted by Crippen LogP contribution is 2.12. The van der Waals surface area contributed by atoms with Crippen LogP contribution in [0.25, 0.3) is 0 Å². The van der Waals surface area contributed by atoms with Gasteiger partial charge in [0.1, 0.15) is 5.75 Å². The van der Waals surface area contributed by atoms with Crippen LogP contribution in [0.2, 0.25) is 0 Å². The summed E-state index contributed by atoms with van der Waals surface area (Å²) >= 11 is 0. The topological polar surface area (TPSA) is 39.1 Å². The predicted octanol–water partition coefficient (Wildman–Crippen LogP) is 2.62. The summed E-state index contributed by atoms with van der Waals surface area (Å²) in [5.41, 5.74) is 2.43. The molecule has 0 saturated carbocycles. The molecule has 0 aliphatic rings. The number of nitrogens with zero attached hydrogens (tertiary/aromatic N) is 2. The second kappa shape index (κ2) is 7.81. The molecule has 2 rings (SSSR count). The highest BCUT2D eigenvalue weighted by atomic mass is 35.5. The average molecular weight is 282 g/mol. The van der Waals surface area contributed by atoms with Crippen LogP contribution in [0, 0.1) is 0 Å². The lowest BCUT2D eigenvalue weighted by molar-refractivity contribution is 0.414. The van der Waals surface area contributed by atoms with Crippen molar-refractivity contribution in [1.82, 2.24) is 15.1 Å². The van der Waals surface area contributed by atoms with E-state index in [1.807, 2.05) is 35.1 Å². The van der Waals surface area contributed by atoms with Gasteiger partial charge in [-0.05, 0) is 30.7 Å². The molecule has 5 heteroatoms. The molecule has 19 heavy (non-hydrogen) atoms. The van der Waals surface area contributed by atoms with E-state index >= 15 is 0 Å². The summed E-state index contributed by atoms with van der Waals surface area (Å²) in [5.74, 6) is 0.896. The molecule has 1 heterocycles. The molecule has 0 bridgehead atoms. The first kappa shape index (κ1) is 15.5. The number of hydrogen-bond acceptors (Lipinski definition) is 3. The van der Waals surface area contributed by atoms with Crippen LogP contribution in [0.5, 0.6) is 5.75 Å². The van der Waals surface area contributed by atoms with Gasteiger partial charge in [0, 0.05) is 25.8 Å². The summed E-state index contributed by atoms with van der Waals surface area (Å²) < 4.78 is 7.20. The van der Waals surface area contributed by atoms with Gasteiger partial charge in [-0.1, -0.05) is 12.1 Å². The van der Waals surface area contributed by atoms with Gasteiger partial charge in [-0.3, -0.25) is 4.68 Å². The Hall–Kier alpha value is -1.52. The van der Waals surface area contributed by atoms with Gasteiger partial charge in [-0.15, -0.1) is 12.4 Å². The minimum Gasteiger partial charge on any atom is -0.497 e. The maximum atomic E-state index is 5.20. The molecule has 4 nitrogen and oxygen atoms in total. The van der Waals surface area contributed by atoms with Crippen LogP contribution in [0.3, 0.4) is 0 Å². The molecule has 0 atom stereocenters. The Kier molecular flexibility index (Phi) is 6.39. The van der Waals surface area contributed by atoms with Crippen LogP contribution in [0.15, 0.2) is 36.5 Å². The molecule has 1 aromatic heterocycles. The van der Waals surface area contributed by atoms with E-state index in [9.17, 15) is 0 Å². The molecule has 104 valence electrons. The fraction of sp³-hybridized carbons (Fsp3) is 0.357. The van der Waals surface area contributed by atoms with E-state index in [4.69, 9.17) is 4.74 Å². The molecule has 0 fully saturated rings. The van der Waals surface area contributed by atoms with E-state index in [0.717, 1.165) is 25.4 Å². The minimum atomic E-state index is 0. The van der Waals surface area contributed by atoms with Crippen molar-refractivity contribution in [2.24, 2.45) is 0 Å². The van der Waals surface area contributed by atoms with Crippen molar-refractivity contribution in [3.05, 3.63) is 47.8 Å². The molecule has 1 N–H and O–H groups in total. The Morgan fingerprint density at radius 3 is 2.84 bits per heavy atom. The van der Waals surface area contributed by atoms with Crippen LogP contribution in [-0.2, 0) is 19.6 Å². The van der Waals surface area contributed by atoms with Crippen LogP contribution in [0.1, 0.15) is 18.2 Å². The number of aryl methyl sites for hydroxylation is 1. The van der Waals surface area contributed by atoms with Crippen molar-refractivity contribution in [1.29, 1.82) is 0 Å². The predicted molar refractivity (Wildman–Crippen MR) is 78.7 cm³/mol. The fourth-order valence-electron chi connectivity index (χ4n) is 1.91. The summed E-state index contributed by atoms with van der Waals surface area (Å²) in [6.07, 6.45) is 1.84. The first-order chi connectivity index (χ1) is 8.83. The smallest absolute Gasteiger partial charge is 0.119 e. The number of rotatable bonds is 6. The van der Waals surface area contributed by atoms with E-state index in [2.05, 4.69) is 23.4 Å². The van der Waals surface area contributed by atoms with Crippen LogP contribution in [-0.4, -0.2) is 16.9 Å². The Labute approximate surface area is 120 Å². The monoisotopic (exact) mass is 281 g/mol. The van der Waals surface area contributed by atoms with Crippen LogP contribution < -0.4 is 10.1 Å². The lowest BCUT2D eigenvalue weighted by atomic mass is 10.2. The van der Waals surface area contributed by atoms with Gasteiger partial charge in [0.25, 0.3) is 0 Å². The second-order valence-electron chi connectivity index (χ2n) is 4.09. The largest absolute Gasteiger partial charge is 0.497 e. The average Bonchev–Trinajstić information content (AvgIpc) is 2.86. The lowest BCUT2D eigenvalue weighted by Crippen LogP contribution is -2.16. The summed E-state index contributed by atoms with van der Waals surface area (Å²) in [6, 6.07) is 10.1. The van der Waals surface area contributed by atoms with Crippen LogP contribution >= 0.6 is 12.4 Å². The molecule has 0 amide bonds. The molecule has 0 aliphatic carbocycles. The zero-order valence-electron chi connectivity index (χ0n) is 11.3. The van der Waals surface area contributed by atoms with Crippen molar-refractivity contribution in [3.63, 3.8) is 0 Å². The number of hydrogen-bond donors (Lipinski definition) is 1. The van der Waals surface area contributed by atoms with Gasteiger partial charge in [-0.25, -0.2) is 0 Å². The lowest BCUT2D eigenvalue weighted by Gasteiger charge is -2.08. The number of methoxy groups -OCH3 is 1. The molecule has 1 aromatic carbocycles. The van der Waals surface area contributed by atoms with E-state index in [-0.39, 0.29) is 12.4 Å². The molecule has 0 saturated heterocycles. The highest BCUT2D eigenvalue weighted by Gasteiger charge is 2.00. The quantitative estimate of drug-likeness (QED) is 0.885. The summed E-state index contributed by atoms with van der Waals surface area (Å²) in [7, 11) is 1.69. The van der Waals surface area contributed by atoms with Gasteiger partial charge in [-0.2, -0.15) is 5.10 Å². The second-order valence-corrected chi connectivity index (χ2v) is 4.09. The van der Waals surface area contributed by atoms with Crippen molar-refractivity contribution in [2.75, 3.05) is 7.11 Å². The van der Waals surface area contributed by atoms with Crippen molar-refractivity contribution < 1.29 is 4.74 Å². The molecule has 0 radical (unpaired) electrons. The zero-order valence-corrected chi connectivity index (χ0v) is 12.1. The van der Waals surface area contributed by atoms with Crippen molar-refractivity contribution >= 4 is 12.4 Å². The first-order valence-corrected chi connectivity index (χ1v) is 6.18. The SMILES string of the molecule is CCn1nccc1CNCc1cccc(OC)c1.Cl. The van der Waals surface area contributed by atoms with Crippen LogP contribution in [0.4, 0.5) is 0 Å². The number of aromatic nitrogens is 2. The molecule has 0 spiro atoms.